The van der Waals surface area contributed by atoms with Crippen LogP contribution in [0.2, 0.25) is 5.02 Å². The number of nitrogens with one attached hydrogen (secondary N) is 1. The smallest absolute Gasteiger partial charge is 0.137 e. The summed E-state index contributed by atoms with van der Waals surface area (Å²) in [4.78, 5) is 2.43. The van der Waals surface area contributed by atoms with Crippen molar-refractivity contribution in [2.45, 2.75) is 19.1 Å². The first-order valence-corrected chi connectivity index (χ1v) is 7.42. The van der Waals surface area contributed by atoms with Crippen LogP contribution in [0.4, 0.5) is 0 Å². The zero-order valence-corrected chi connectivity index (χ0v) is 13.1. The lowest BCUT2D eigenvalue weighted by Crippen LogP contribution is -2.48. The van der Waals surface area contributed by atoms with Gasteiger partial charge in [0.15, 0.2) is 0 Å². The summed E-state index contributed by atoms with van der Waals surface area (Å²) in [7, 11) is 3.58. The molecule has 4 nitrogen and oxygen atoms in total. The number of nitrogens with zero attached hydrogens (tertiary/aromatic N) is 1. The van der Waals surface area contributed by atoms with Crippen molar-refractivity contribution in [2.24, 2.45) is 0 Å². The fourth-order valence-corrected chi connectivity index (χ4v) is 3.07. The molecular formula is C15H23ClN2O2. The molecule has 20 heavy (non-hydrogen) atoms. The van der Waals surface area contributed by atoms with Crippen molar-refractivity contribution in [3.63, 3.8) is 0 Å². The highest BCUT2D eigenvalue weighted by molar-refractivity contribution is 6.32. The molecule has 1 aliphatic heterocycles. The van der Waals surface area contributed by atoms with Gasteiger partial charge in [-0.2, -0.15) is 0 Å². The van der Waals surface area contributed by atoms with E-state index in [1.54, 1.807) is 7.11 Å². The monoisotopic (exact) mass is 298 g/mol. The summed E-state index contributed by atoms with van der Waals surface area (Å²) in [5, 5.41) is 3.86. The van der Waals surface area contributed by atoms with E-state index < -0.39 is 0 Å². The molecule has 1 aliphatic rings. The number of methoxy groups -OCH3 is 1. The minimum absolute atomic E-state index is 0.137. The Morgan fingerprint density at radius 3 is 2.90 bits per heavy atom. The molecule has 2 rings (SSSR count). The number of hydrogen-bond donors (Lipinski definition) is 1. The Bertz CT molecular complexity index is 440. The minimum atomic E-state index is 0.137. The maximum absolute atomic E-state index is 6.26. The van der Waals surface area contributed by atoms with Crippen molar-refractivity contribution in [3.8, 4) is 5.75 Å². The summed E-state index contributed by atoms with van der Waals surface area (Å²) in [6.07, 6.45) is 0.137. The molecule has 1 heterocycles. The molecule has 0 aromatic heterocycles. The van der Waals surface area contributed by atoms with E-state index in [0.717, 1.165) is 26.2 Å². The summed E-state index contributed by atoms with van der Waals surface area (Å²) in [5.74, 6) is 0.709. The number of benzene rings is 1. The van der Waals surface area contributed by atoms with Crippen molar-refractivity contribution in [3.05, 3.63) is 28.8 Å². The molecule has 1 aromatic carbocycles. The largest absolute Gasteiger partial charge is 0.495 e. The molecule has 0 spiro atoms. The molecule has 1 aromatic rings. The minimum Gasteiger partial charge on any atom is -0.495 e. The molecule has 1 saturated heterocycles. The molecular weight excluding hydrogens is 276 g/mol. The average molecular weight is 299 g/mol. The SMILES string of the molecule is CCN1CCOC(CNC)C1c1ccc(OC)c(Cl)c1. The molecule has 0 bridgehead atoms. The van der Waals surface area contributed by atoms with Gasteiger partial charge >= 0.3 is 0 Å². The third-order valence-electron chi connectivity index (χ3n) is 3.78. The van der Waals surface area contributed by atoms with Gasteiger partial charge in [-0.25, -0.2) is 0 Å². The van der Waals surface area contributed by atoms with Gasteiger partial charge in [0.2, 0.25) is 0 Å². The predicted molar refractivity (Wildman–Crippen MR) is 81.7 cm³/mol. The van der Waals surface area contributed by atoms with Gasteiger partial charge in [0.25, 0.3) is 0 Å². The average Bonchev–Trinajstić information content (AvgIpc) is 2.47. The van der Waals surface area contributed by atoms with Crippen LogP contribution >= 0.6 is 11.6 Å². The van der Waals surface area contributed by atoms with Gasteiger partial charge in [0.1, 0.15) is 5.75 Å². The number of ether oxygens (including phenoxy) is 2. The molecule has 112 valence electrons. The molecule has 2 atom stereocenters. The lowest BCUT2D eigenvalue weighted by molar-refractivity contribution is -0.0686. The molecule has 0 saturated carbocycles. The van der Waals surface area contributed by atoms with Crippen LogP contribution in [-0.4, -0.2) is 51.4 Å². The third kappa shape index (κ3) is 3.26. The number of morpholine rings is 1. The van der Waals surface area contributed by atoms with E-state index >= 15 is 0 Å². The molecule has 5 heteroatoms. The number of hydrogen-bond acceptors (Lipinski definition) is 4. The Kier molecular flexibility index (Phi) is 5.66. The molecule has 1 N–H and O–H groups in total. The van der Waals surface area contributed by atoms with E-state index in [2.05, 4.69) is 23.2 Å². The van der Waals surface area contributed by atoms with Crippen LogP contribution in [-0.2, 0) is 4.74 Å². The van der Waals surface area contributed by atoms with Crippen LogP contribution in [0.15, 0.2) is 18.2 Å². The fraction of sp³-hybridized carbons (Fsp3) is 0.600. The number of likely N-dealkylation sites (N-methyl/N-ethyl adjacent to an activating group) is 2. The lowest BCUT2D eigenvalue weighted by Gasteiger charge is -2.41. The third-order valence-corrected chi connectivity index (χ3v) is 4.08. The maximum atomic E-state index is 6.26. The van der Waals surface area contributed by atoms with Crippen molar-refractivity contribution in [2.75, 3.05) is 40.4 Å². The van der Waals surface area contributed by atoms with Crippen LogP contribution in [0.25, 0.3) is 0 Å². The summed E-state index contributed by atoms with van der Waals surface area (Å²) in [5.41, 5.74) is 1.18. The highest BCUT2D eigenvalue weighted by Crippen LogP contribution is 2.33. The molecule has 0 radical (unpaired) electrons. The van der Waals surface area contributed by atoms with Gasteiger partial charge in [-0.1, -0.05) is 24.6 Å². The van der Waals surface area contributed by atoms with E-state index in [9.17, 15) is 0 Å². The second-order valence-corrected chi connectivity index (χ2v) is 5.34. The van der Waals surface area contributed by atoms with Gasteiger partial charge in [-0.05, 0) is 31.3 Å². The lowest BCUT2D eigenvalue weighted by atomic mass is 9.97. The van der Waals surface area contributed by atoms with Gasteiger partial charge in [-0.15, -0.1) is 0 Å². The van der Waals surface area contributed by atoms with Crippen molar-refractivity contribution in [1.82, 2.24) is 10.2 Å². The second kappa shape index (κ2) is 7.27. The van der Waals surface area contributed by atoms with Gasteiger partial charge < -0.3 is 14.8 Å². The molecule has 0 aliphatic carbocycles. The van der Waals surface area contributed by atoms with Crippen LogP contribution in [0.5, 0.6) is 5.75 Å². The zero-order valence-electron chi connectivity index (χ0n) is 12.4. The molecule has 1 fully saturated rings. The highest BCUT2D eigenvalue weighted by Gasteiger charge is 2.32. The standard InChI is InChI=1S/C15H23ClN2O2/c1-4-18-7-8-20-14(10-17-2)15(18)11-5-6-13(19-3)12(16)9-11/h5-6,9,14-15,17H,4,7-8,10H2,1-3H3. The first-order valence-electron chi connectivity index (χ1n) is 7.05. The Hall–Kier alpha value is -0.810. The normalized spacial score (nSPS) is 23.8. The summed E-state index contributed by atoms with van der Waals surface area (Å²) < 4.78 is 11.2. The maximum Gasteiger partial charge on any atom is 0.137 e. The first kappa shape index (κ1) is 15.6. The van der Waals surface area contributed by atoms with Crippen LogP contribution in [0, 0.1) is 0 Å². The van der Waals surface area contributed by atoms with Crippen LogP contribution < -0.4 is 10.1 Å². The highest BCUT2D eigenvalue weighted by atomic mass is 35.5. The Morgan fingerprint density at radius 1 is 1.50 bits per heavy atom. The van der Waals surface area contributed by atoms with E-state index in [1.807, 2.05) is 19.2 Å². The van der Waals surface area contributed by atoms with Crippen molar-refractivity contribution >= 4 is 11.6 Å². The zero-order chi connectivity index (χ0) is 14.5. The summed E-state index contributed by atoms with van der Waals surface area (Å²) in [6.45, 7) is 5.73. The van der Waals surface area contributed by atoms with Crippen molar-refractivity contribution in [1.29, 1.82) is 0 Å². The fourth-order valence-electron chi connectivity index (χ4n) is 2.81. The number of halogens is 1. The van der Waals surface area contributed by atoms with Crippen molar-refractivity contribution < 1.29 is 9.47 Å². The van der Waals surface area contributed by atoms with Crippen LogP contribution in [0.1, 0.15) is 18.5 Å². The van der Waals surface area contributed by atoms with E-state index in [4.69, 9.17) is 21.1 Å². The van der Waals surface area contributed by atoms with Gasteiger partial charge in [-0.3, -0.25) is 4.90 Å². The van der Waals surface area contributed by atoms with E-state index in [-0.39, 0.29) is 12.1 Å². The second-order valence-electron chi connectivity index (χ2n) is 4.93. The van der Waals surface area contributed by atoms with E-state index in [0.29, 0.717) is 10.8 Å². The Balaban J connectivity index is 2.30. The van der Waals surface area contributed by atoms with E-state index in [1.165, 1.54) is 5.56 Å². The van der Waals surface area contributed by atoms with Gasteiger partial charge in [0, 0.05) is 13.1 Å². The Labute approximate surface area is 126 Å². The Morgan fingerprint density at radius 2 is 2.30 bits per heavy atom. The number of rotatable bonds is 5. The summed E-state index contributed by atoms with van der Waals surface area (Å²) in [6, 6.07) is 6.22. The predicted octanol–water partition coefficient (Wildman–Crippen LogP) is 2.33. The quantitative estimate of drug-likeness (QED) is 0.905. The van der Waals surface area contributed by atoms with Crippen LogP contribution in [0.3, 0.4) is 0 Å². The first-order chi connectivity index (χ1) is 9.71. The van der Waals surface area contributed by atoms with Gasteiger partial charge in [0.05, 0.1) is 30.9 Å². The molecule has 0 amide bonds. The molecule has 2 unspecified atom stereocenters. The summed E-state index contributed by atoms with van der Waals surface area (Å²) >= 11 is 6.26. The topological polar surface area (TPSA) is 33.7 Å².